The summed E-state index contributed by atoms with van der Waals surface area (Å²) in [4.78, 5) is 0. The number of unbranched alkanes of at least 4 members (excludes halogenated alkanes) is 8. The molecule has 1 heterocycles. The highest BCUT2D eigenvalue weighted by molar-refractivity contribution is 8.13. The Bertz CT molecular complexity index is 1070. The molecular formula is C20H28F6N2O4S3. The summed E-state index contributed by atoms with van der Waals surface area (Å²) in [5.74, 6) is 0. The van der Waals surface area contributed by atoms with Crippen LogP contribution in [0, 0.1) is 0 Å². The predicted molar refractivity (Wildman–Crippen MR) is 123 cm³/mol. The zero-order valence-corrected chi connectivity index (χ0v) is 21.4. The van der Waals surface area contributed by atoms with Gasteiger partial charge in [-0.3, -0.25) is 0 Å². The minimum absolute atomic E-state index is 0.778. The molecule has 35 heavy (non-hydrogen) atoms. The molecule has 0 amide bonds. The maximum atomic E-state index is 11.4. The van der Waals surface area contributed by atoms with Crippen molar-refractivity contribution in [2.45, 2.75) is 82.3 Å². The van der Waals surface area contributed by atoms with Crippen molar-refractivity contribution in [1.29, 1.82) is 0 Å². The van der Waals surface area contributed by atoms with Crippen LogP contribution in [0.2, 0.25) is 0 Å². The van der Waals surface area contributed by atoms with Gasteiger partial charge in [-0.25, -0.2) is 16.8 Å². The molecule has 6 nitrogen and oxygen atoms in total. The normalized spacial score (nSPS) is 13.0. The molecule has 0 N–H and O–H groups in total. The van der Waals surface area contributed by atoms with E-state index in [1.165, 1.54) is 74.5 Å². The van der Waals surface area contributed by atoms with Crippen LogP contribution in [0.5, 0.6) is 0 Å². The van der Waals surface area contributed by atoms with E-state index in [-0.39, 0.29) is 0 Å². The first-order valence-corrected chi connectivity index (χ1v) is 14.6. The van der Waals surface area contributed by atoms with E-state index in [9.17, 15) is 43.2 Å². The molecule has 0 spiro atoms. The zero-order valence-electron chi connectivity index (χ0n) is 19.0. The van der Waals surface area contributed by atoms with E-state index in [2.05, 4.69) is 41.3 Å². The lowest BCUT2D eigenvalue weighted by Crippen LogP contribution is -2.31. The van der Waals surface area contributed by atoms with Crippen molar-refractivity contribution in [3.05, 3.63) is 33.9 Å². The van der Waals surface area contributed by atoms with Gasteiger partial charge >= 0.3 is 11.0 Å². The van der Waals surface area contributed by atoms with Crippen molar-refractivity contribution >= 4 is 41.6 Å². The minimum Gasteiger partial charge on any atom is -0.421 e. The third-order valence-corrected chi connectivity index (χ3v) is 8.46. The van der Waals surface area contributed by atoms with Crippen molar-refractivity contribution in [1.82, 2.24) is 0 Å². The summed E-state index contributed by atoms with van der Waals surface area (Å²) in [6.07, 6.45) is 12.6. The maximum Gasteiger partial charge on any atom is 0.480 e. The Kier molecular flexibility index (Phi) is 12.4. The van der Waals surface area contributed by atoms with Gasteiger partial charge in [-0.05, 0) is 12.5 Å². The van der Waals surface area contributed by atoms with E-state index < -0.39 is 31.1 Å². The Hall–Kier alpha value is -1.45. The second-order valence-corrected chi connectivity index (χ2v) is 11.9. The second kappa shape index (κ2) is 13.7. The molecule has 0 fully saturated rings. The quantitative estimate of drug-likeness (QED) is 0.160. The number of aryl methyl sites for hydroxylation is 1. The first-order chi connectivity index (χ1) is 16.1. The van der Waals surface area contributed by atoms with Crippen LogP contribution in [0.3, 0.4) is 0 Å². The number of hydrogen-bond donors (Lipinski definition) is 0. The van der Waals surface area contributed by atoms with Crippen molar-refractivity contribution in [3.8, 4) is 0 Å². The molecule has 2 rings (SSSR count). The van der Waals surface area contributed by atoms with Crippen molar-refractivity contribution < 1.29 is 47.7 Å². The first kappa shape index (κ1) is 31.6. The Morgan fingerprint density at radius 2 is 1.23 bits per heavy atom. The Labute approximate surface area is 205 Å². The van der Waals surface area contributed by atoms with Crippen LogP contribution < -0.4 is 4.57 Å². The number of hydrogen-bond acceptors (Lipinski definition) is 5. The fourth-order valence-corrected chi connectivity index (χ4v) is 5.58. The molecule has 0 radical (unpaired) electrons. The predicted octanol–water partition coefficient (Wildman–Crippen LogP) is 6.78. The maximum absolute atomic E-state index is 11.4. The fourth-order valence-electron chi connectivity index (χ4n) is 2.95. The van der Waals surface area contributed by atoms with Gasteiger partial charge in [0.1, 0.15) is 11.2 Å². The summed E-state index contributed by atoms with van der Waals surface area (Å²) < 4.78 is 113. The highest BCUT2D eigenvalue weighted by Gasteiger charge is 2.46. The summed E-state index contributed by atoms with van der Waals surface area (Å²) in [7, 11) is -13.4. The summed E-state index contributed by atoms with van der Waals surface area (Å²) in [5, 5.41) is 0. The summed E-state index contributed by atoms with van der Waals surface area (Å²) in [6.45, 7) is 3.46. The van der Waals surface area contributed by atoms with Gasteiger partial charge in [-0.2, -0.15) is 30.9 Å². The number of benzene rings is 1. The van der Waals surface area contributed by atoms with Gasteiger partial charge in [-0.15, -0.1) is 0 Å². The molecule has 0 saturated carbocycles. The number of thiazole rings is 1. The summed E-state index contributed by atoms with van der Waals surface area (Å²) >= 11 is 1.86. The SMILES string of the molecule is CCCCCCCCCCC[n+]1csc2ccccc21.O=S(=O)([N-]S(=O)(=O)C(F)(F)F)C(F)(F)F. The van der Waals surface area contributed by atoms with Gasteiger partial charge in [0.05, 0.1) is 0 Å². The summed E-state index contributed by atoms with van der Waals surface area (Å²) in [6, 6.07) is 8.72. The highest BCUT2D eigenvalue weighted by atomic mass is 32.3. The Morgan fingerprint density at radius 1 is 0.771 bits per heavy atom. The monoisotopic (exact) mass is 570 g/mol. The smallest absolute Gasteiger partial charge is 0.421 e. The lowest BCUT2D eigenvalue weighted by atomic mass is 10.1. The van der Waals surface area contributed by atoms with Crippen LogP contribution in [-0.2, 0) is 26.6 Å². The standard InChI is InChI=1S/C18H28NS.C2F6NO4S2/c1-2-3-4-5-6-7-8-9-12-15-19-16-20-18-14-11-10-13-17(18)19;3-1(4,5)14(10,11)9-15(12,13)2(6,7)8/h10-11,13-14,16H,2-9,12,15H2,1H3;/q+1;-1. The molecule has 1 aromatic carbocycles. The topological polar surface area (TPSA) is 86.3 Å². The van der Waals surface area contributed by atoms with Gasteiger partial charge in [0.2, 0.25) is 11.0 Å². The third kappa shape index (κ3) is 10.6. The highest BCUT2D eigenvalue weighted by Crippen LogP contribution is 2.36. The third-order valence-electron chi connectivity index (χ3n) is 4.77. The van der Waals surface area contributed by atoms with E-state index in [1.54, 1.807) is 0 Å². The van der Waals surface area contributed by atoms with Gasteiger partial charge in [0, 0.05) is 12.5 Å². The molecule has 0 aliphatic heterocycles. The van der Waals surface area contributed by atoms with E-state index in [4.69, 9.17) is 0 Å². The van der Waals surface area contributed by atoms with Crippen LogP contribution in [0.25, 0.3) is 14.3 Å². The fraction of sp³-hybridized carbons (Fsp3) is 0.650. The molecule has 0 saturated heterocycles. The van der Waals surface area contributed by atoms with Crippen molar-refractivity contribution in [3.63, 3.8) is 0 Å². The van der Waals surface area contributed by atoms with Crippen molar-refractivity contribution in [2.75, 3.05) is 0 Å². The van der Waals surface area contributed by atoms with Crippen LogP contribution in [0.1, 0.15) is 64.7 Å². The molecular weight excluding hydrogens is 542 g/mol. The molecule has 0 aliphatic rings. The number of aromatic nitrogens is 1. The van der Waals surface area contributed by atoms with Gasteiger partial charge in [0.25, 0.3) is 0 Å². The second-order valence-electron chi connectivity index (χ2n) is 7.63. The minimum atomic E-state index is -6.72. The van der Waals surface area contributed by atoms with Crippen LogP contribution in [0.15, 0.2) is 29.8 Å². The number of alkyl halides is 6. The lowest BCUT2D eigenvalue weighted by Gasteiger charge is -2.22. The van der Waals surface area contributed by atoms with Crippen LogP contribution in [0.4, 0.5) is 26.3 Å². The summed E-state index contributed by atoms with van der Waals surface area (Å²) in [5.41, 5.74) is -8.73. The van der Waals surface area contributed by atoms with Crippen molar-refractivity contribution in [2.24, 2.45) is 0 Å². The zero-order chi connectivity index (χ0) is 26.8. The number of nitrogens with zero attached hydrogens (tertiary/aromatic N) is 2. The van der Waals surface area contributed by atoms with E-state index in [1.807, 2.05) is 11.3 Å². The molecule has 0 aliphatic carbocycles. The van der Waals surface area contributed by atoms with Crippen LogP contribution >= 0.6 is 11.3 Å². The molecule has 0 bridgehead atoms. The number of sulfonamides is 2. The number of rotatable bonds is 12. The van der Waals surface area contributed by atoms with E-state index in [0.717, 1.165) is 4.13 Å². The molecule has 0 unspecified atom stereocenters. The van der Waals surface area contributed by atoms with Gasteiger partial charge < -0.3 is 4.13 Å². The van der Waals surface area contributed by atoms with Gasteiger partial charge in [-0.1, -0.05) is 75.3 Å². The molecule has 202 valence electrons. The average molecular weight is 571 g/mol. The first-order valence-electron chi connectivity index (χ1n) is 10.8. The number of fused-ring (bicyclic) bond motifs is 1. The molecule has 1 aromatic heterocycles. The number of para-hydroxylation sites is 1. The largest absolute Gasteiger partial charge is 0.480 e. The van der Waals surface area contributed by atoms with E-state index >= 15 is 0 Å². The van der Waals surface area contributed by atoms with E-state index in [0.29, 0.717) is 0 Å². The molecule has 15 heteroatoms. The Balaban J connectivity index is 0.000000367. The number of halogens is 6. The lowest BCUT2D eigenvalue weighted by molar-refractivity contribution is -0.667. The molecule has 2 aromatic rings. The molecule has 0 atom stereocenters. The Morgan fingerprint density at radius 3 is 1.71 bits per heavy atom. The van der Waals surface area contributed by atoms with Crippen LogP contribution in [-0.4, -0.2) is 27.9 Å². The average Bonchev–Trinajstić information content (AvgIpc) is 3.14. The van der Waals surface area contributed by atoms with Gasteiger partial charge in [0.15, 0.2) is 20.0 Å².